The molecule has 2 heterocycles. The summed E-state index contributed by atoms with van der Waals surface area (Å²) in [5.74, 6) is -0.0104. The van der Waals surface area contributed by atoms with Crippen LogP contribution in [0.4, 0.5) is 0 Å². The van der Waals surface area contributed by atoms with Crippen molar-refractivity contribution in [2.24, 2.45) is 0 Å². The Kier molecular flexibility index (Phi) is 3.36. The van der Waals surface area contributed by atoms with Gasteiger partial charge in [0.05, 0.1) is 24.3 Å². The van der Waals surface area contributed by atoms with Gasteiger partial charge in [-0.25, -0.2) is 4.98 Å². The normalized spacial score (nSPS) is 15.7. The van der Waals surface area contributed by atoms with Gasteiger partial charge >= 0.3 is 0 Å². The fourth-order valence-electron chi connectivity index (χ4n) is 2.26. The fraction of sp³-hybridized carbons (Fsp3) is 0.286. The molecule has 1 aliphatic heterocycles. The van der Waals surface area contributed by atoms with E-state index in [1.807, 2.05) is 24.3 Å². The van der Waals surface area contributed by atoms with Gasteiger partial charge in [-0.1, -0.05) is 29.8 Å². The Morgan fingerprint density at radius 1 is 1.26 bits per heavy atom. The van der Waals surface area contributed by atoms with Crippen LogP contribution in [0.5, 0.6) is 0 Å². The highest BCUT2D eigenvalue weighted by Crippen LogP contribution is 2.22. The topological polar surface area (TPSA) is 42.4 Å². The molecule has 1 amide bonds. The van der Waals surface area contributed by atoms with Gasteiger partial charge in [-0.2, -0.15) is 0 Å². The number of rotatable bonds is 1. The van der Waals surface area contributed by atoms with E-state index in [0.29, 0.717) is 37.0 Å². The fourth-order valence-corrected chi connectivity index (χ4v) is 2.46. The molecule has 0 bridgehead atoms. The summed E-state index contributed by atoms with van der Waals surface area (Å²) < 4.78 is 5.26. The van der Waals surface area contributed by atoms with Crippen LogP contribution >= 0.6 is 11.6 Å². The molecule has 1 saturated heterocycles. The maximum absolute atomic E-state index is 12.5. The molecule has 1 aromatic heterocycles. The van der Waals surface area contributed by atoms with E-state index in [1.54, 1.807) is 11.0 Å². The summed E-state index contributed by atoms with van der Waals surface area (Å²) in [6.45, 7) is 2.41. The molecule has 0 spiro atoms. The SMILES string of the molecule is O=C(c1cc(Cl)nc2ccccc12)N1CCOCC1. The lowest BCUT2D eigenvalue weighted by Crippen LogP contribution is -2.40. The van der Waals surface area contributed by atoms with Gasteiger partial charge in [0.2, 0.25) is 0 Å². The second-order valence-electron chi connectivity index (χ2n) is 4.41. The summed E-state index contributed by atoms with van der Waals surface area (Å²) in [6, 6.07) is 9.17. The number of ether oxygens (including phenoxy) is 1. The second-order valence-corrected chi connectivity index (χ2v) is 4.80. The van der Waals surface area contributed by atoms with E-state index >= 15 is 0 Å². The lowest BCUT2D eigenvalue weighted by Gasteiger charge is -2.27. The molecule has 4 nitrogen and oxygen atoms in total. The van der Waals surface area contributed by atoms with E-state index in [1.165, 1.54) is 0 Å². The number of nitrogens with zero attached hydrogens (tertiary/aromatic N) is 2. The van der Waals surface area contributed by atoms with Crippen LogP contribution in [-0.4, -0.2) is 42.1 Å². The molecule has 3 rings (SSSR count). The minimum atomic E-state index is -0.0104. The maximum Gasteiger partial charge on any atom is 0.254 e. The van der Waals surface area contributed by atoms with Gasteiger partial charge in [0.25, 0.3) is 5.91 Å². The highest BCUT2D eigenvalue weighted by atomic mass is 35.5. The van der Waals surface area contributed by atoms with Crippen molar-refractivity contribution in [2.75, 3.05) is 26.3 Å². The molecule has 0 N–H and O–H groups in total. The van der Waals surface area contributed by atoms with Crippen LogP contribution in [-0.2, 0) is 4.74 Å². The lowest BCUT2D eigenvalue weighted by atomic mass is 10.1. The van der Waals surface area contributed by atoms with Gasteiger partial charge < -0.3 is 9.64 Å². The van der Waals surface area contributed by atoms with Crippen LogP contribution in [0, 0.1) is 0 Å². The largest absolute Gasteiger partial charge is 0.378 e. The smallest absolute Gasteiger partial charge is 0.254 e. The number of hydrogen-bond acceptors (Lipinski definition) is 3. The number of hydrogen-bond donors (Lipinski definition) is 0. The highest BCUT2D eigenvalue weighted by molar-refractivity contribution is 6.30. The molecule has 2 aromatic rings. The summed E-state index contributed by atoms with van der Waals surface area (Å²) >= 11 is 6.00. The van der Waals surface area contributed by atoms with Crippen molar-refractivity contribution in [3.63, 3.8) is 0 Å². The van der Waals surface area contributed by atoms with Gasteiger partial charge in [0, 0.05) is 18.5 Å². The minimum absolute atomic E-state index is 0.0104. The molecule has 98 valence electrons. The van der Waals surface area contributed by atoms with Crippen LogP contribution in [0.3, 0.4) is 0 Å². The van der Waals surface area contributed by atoms with Crippen molar-refractivity contribution in [1.82, 2.24) is 9.88 Å². The Bertz CT molecular complexity index is 624. The summed E-state index contributed by atoms with van der Waals surface area (Å²) in [4.78, 5) is 18.6. The number of pyridine rings is 1. The second kappa shape index (κ2) is 5.15. The van der Waals surface area contributed by atoms with Gasteiger partial charge in [0.1, 0.15) is 5.15 Å². The number of morpholine rings is 1. The third kappa shape index (κ3) is 2.41. The predicted octanol–water partition coefficient (Wildman–Crippen LogP) is 2.36. The van der Waals surface area contributed by atoms with Crippen LogP contribution in [0.15, 0.2) is 30.3 Å². The number of para-hydroxylation sites is 1. The molecule has 0 atom stereocenters. The molecule has 0 unspecified atom stereocenters. The quantitative estimate of drug-likeness (QED) is 0.751. The number of carbonyl (C=O) groups is 1. The highest BCUT2D eigenvalue weighted by Gasteiger charge is 2.21. The average molecular weight is 277 g/mol. The van der Waals surface area contributed by atoms with Crippen molar-refractivity contribution in [3.8, 4) is 0 Å². The third-order valence-corrected chi connectivity index (χ3v) is 3.41. The first-order valence-electron chi connectivity index (χ1n) is 6.18. The van der Waals surface area contributed by atoms with Gasteiger partial charge in [-0.05, 0) is 12.1 Å². The maximum atomic E-state index is 12.5. The van der Waals surface area contributed by atoms with Crippen LogP contribution in [0.2, 0.25) is 5.15 Å². The van der Waals surface area contributed by atoms with Crippen molar-refractivity contribution >= 4 is 28.4 Å². The standard InChI is InChI=1S/C14H13ClN2O2/c15-13-9-11(10-3-1-2-4-12(10)16-13)14(18)17-5-7-19-8-6-17/h1-4,9H,5-8H2. The Hall–Kier alpha value is -1.65. The van der Waals surface area contributed by atoms with E-state index < -0.39 is 0 Å². The summed E-state index contributed by atoms with van der Waals surface area (Å²) in [5.41, 5.74) is 1.35. The van der Waals surface area contributed by atoms with Crippen molar-refractivity contribution < 1.29 is 9.53 Å². The molecule has 1 fully saturated rings. The monoisotopic (exact) mass is 276 g/mol. The summed E-state index contributed by atoms with van der Waals surface area (Å²) in [5, 5.41) is 1.18. The first kappa shape index (κ1) is 12.4. The first-order valence-corrected chi connectivity index (χ1v) is 6.56. The number of carbonyl (C=O) groups excluding carboxylic acids is 1. The molecule has 0 saturated carbocycles. The van der Waals surface area contributed by atoms with Crippen molar-refractivity contribution in [3.05, 3.63) is 41.0 Å². The lowest BCUT2D eigenvalue weighted by molar-refractivity contribution is 0.0304. The molecular weight excluding hydrogens is 264 g/mol. The van der Waals surface area contributed by atoms with Gasteiger partial charge in [0.15, 0.2) is 0 Å². The Morgan fingerprint density at radius 3 is 2.79 bits per heavy atom. The first-order chi connectivity index (χ1) is 9.25. The number of amides is 1. The summed E-state index contributed by atoms with van der Waals surface area (Å²) in [7, 11) is 0. The van der Waals surface area contributed by atoms with E-state index in [4.69, 9.17) is 16.3 Å². The minimum Gasteiger partial charge on any atom is -0.378 e. The Balaban J connectivity index is 2.05. The molecule has 0 aliphatic carbocycles. The summed E-state index contributed by atoms with van der Waals surface area (Å²) in [6.07, 6.45) is 0. The number of fused-ring (bicyclic) bond motifs is 1. The van der Waals surface area contributed by atoms with E-state index in [0.717, 1.165) is 10.9 Å². The van der Waals surface area contributed by atoms with Crippen LogP contribution in [0.25, 0.3) is 10.9 Å². The van der Waals surface area contributed by atoms with E-state index in [-0.39, 0.29) is 5.91 Å². The number of halogens is 1. The molecule has 1 aromatic carbocycles. The van der Waals surface area contributed by atoms with Gasteiger partial charge in [-0.15, -0.1) is 0 Å². The molecule has 1 aliphatic rings. The van der Waals surface area contributed by atoms with Crippen molar-refractivity contribution in [2.45, 2.75) is 0 Å². The Morgan fingerprint density at radius 2 is 2.00 bits per heavy atom. The van der Waals surface area contributed by atoms with Crippen molar-refractivity contribution in [1.29, 1.82) is 0 Å². The van der Waals surface area contributed by atoms with E-state index in [2.05, 4.69) is 4.98 Å². The van der Waals surface area contributed by atoms with Gasteiger partial charge in [-0.3, -0.25) is 4.79 Å². The molecule has 19 heavy (non-hydrogen) atoms. The zero-order valence-corrected chi connectivity index (χ0v) is 11.1. The zero-order chi connectivity index (χ0) is 13.2. The van der Waals surface area contributed by atoms with Crippen LogP contribution < -0.4 is 0 Å². The van der Waals surface area contributed by atoms with Crippen LogP contribution in [0.1, 0.15) is 10.4 Å². The Labute approximate surface area is 115 Å². The third-order valence-electron chi connectivity index (χ3n) is 3.21. The molecular formula is C14H13ClN2O2. The average Bonchev–Trinajstić information content (AvgIpc) is 2.46. The number of benzene rings is 1. The molecule has 5 heteroatoms. The predicted molar refractivity (Wildman–Crippen MR) is 73.5 cm³/mol. The van der Waals surface area contributed by atoms with E-state index in [9.17, 15) is 4.79 Å². The number of aromatic nitrogens is 1. The zero-order valence-electron chi connectivity index (χ0n) is 10.3. The molecule has 0 radical (unpaired) electrons.